The van der Waals surface area contributed by atoms with Crippen molar-refractivity contribution in [2.24, 2.45) is 5.73 Å². The molecular formula is C5H11NO4S. The lowest BCUT2D eigenvalue weighted by Crippen LogP contribution is -2.32. The maximum absolute atomic E-state index is 10.5. The van der Waals surface area contributed by atoms with Crippen LogP contribution in [0.3, 0.4) is 0 Å². The summed E-state index contributed by atoms with van der Waals surface area (Å²) in [7, 11) is -3.58. The van der Waals surface area contributed by atoms with Gasteiger partial charge in [-0.15, -0.1) is 0 Å². The van der Waals surface area contributed by atoms with Crippen LogP contribution in [-0.2, 0) is 19.1 Å². The monoisotopic (exact) mass is 181 g/mol. The van der Waals surface area contributed by atoms with E-state index >= 15 is 0 Å². The molecule has 0 rings (SSSR count). The fourth-order valence-corrected chi connectivity index (χ4v) is 1.18. The SMILES string of the molecule is CC[C@@H](OS(C)(=O)=O)C(N)=O. The molecule has 11 heavy (non-hydrogen) atoms. The van der Waals surface area contributed by atoms with Gasteiger partial charge in [0.1, 0.15) is 0 Å². The minimum Gasteiger partial charge on any atom is -0.367 e. The highest BCUT2D eigenvalue weighted by atomic mass is 32.2. The van der Waals surface area contributed by atoms with E-state index in [1.807, 2.05) is 0 Å². The number of carbonyl (C=O) groups is 1. The normalized spacial score (nSPS) is 14.4. The van der Waals surface area contributed by atoms with E-state index in [0.29, 0.717) is 0 Å². The Hall–Kier alpha value is -0.620. The van der Waals surface area contributed by atoms with Crippen molar-refractivity contribution >= 4 is 16.0 Å². The van der Waals surface area contributed by atoms with Crippen LogP contribution in [0.2, 0.25) is 0 Å². The fraction of sp³-hybridized carbons (Fsp3) is 0.800. The second-order valence-electron chi connectivity index (χ2n) is 2.10. The van der Waals surface area contributed by atoms with Gasteiger partial charge in [-0.05, 0) is 6.42 Å². The van der Waals surface area contributed by atoms with Crippen LogP contribution in [0.1, 0.15) is 13.3 Å². The van der Waals surface area contributed by atoms with Crippen molar-refractivity contribution in [1.29, 1.82) is 0 Å². The summed E-state index contributed by atoms with van der Waals surface area (Å²) in [6, 6.07) is 0. The van der Waals surface area contributed by atoms with E-state index in [4.69, 9.17) is 5.73 Å². The van der Waals surface area contributed by atoms with Gasteiger partial charge in [0.2, 0.25) is 5.91 Å². The second-order valence-corrected chi connectivity index (χ2v) is 3.70. The summed E-state index contributed by atoms with van der Waals surface area (Å²) >= 11 is 0. The maximum Gasteiger partial charge on any atom is 0.265 e. The summed E-state index contributed by atoms with van der Waals surface area (Å²) in [6.07, 6.45) is 0.0890. The Bertz CT molecular complexity index is 233. The lowest BCUT2D eigenvalue weighted by Gasteiger charge is -2.08. The number of carbonyl (C=O) groups excluding carboxylic acids is 1. The third-order valence-electron chi connectivity index (χ3n) is 0.979. The minimum absolute atomic E-state index is 0.252. The summed E-state index contributed by atoms with van der Waals surface area (Å²) in [4.78, 5) is 10.4. The Labute approximate surface area is 65.6 Å². The zero-order valence-electron chi connectivity index (χ0n) is 6.40. The Balaban J connectivity index is 4.22. The molecule has 0 aliphatic heterocycles. The minimum atomic E-state index is -3.58. The van der Waals surface area contributed by atoms with Crippen molar-refractivity contribution in [1.82, 2.24) is 0 Å². The zero-order chi connectivity index (χ0) is 9.07. The van der Waals surface area contributed by atoms with E-state index in [1.165, 1.54) is 0 Å². The Morgan fingerprint density at radius 3 is 2.18 bits per heavy atom. The van der Waals surface area contributed by atoms with E-state index in [1.54, 1.807) is 6.92 Å². The molecule has 2 N–H and O–H groups in total. The van der Waals surface area contributed by atoms with Crippen LogP contribution < -0.4 is 5.73 Å². The lowest BCUT2D eigenvalue weighted by molar-refractivity contribution is -0.124. The standard InChI is InChI=1S/C5H11NO4S/c1-3-4(5(6)7)10-11(2,8)9/h4H,3H2,1-2H3,(H2,6,7)/t4-/m1/s1. The molecule has 1 atom stereocenters. The quantitative estimate of drug-likeness (QED) is 0.577. The number of nitrogens with two attached hydrogens (primary N) is 1. The Morgan fingerprint density at radius 2 is 2.09 bits per heavy atom. The van der Waals surface area contributed by atoms with Gasteiger partial charge in [-0.1, -0.05) is 6.92 Å². The van der Waals surface area contributed by atoms with Gasteiger partial charge in [-0.2, -0.15) is 8.42 Å². The summed E-state index contributed by atoms with van der Waals surface area (Å²) in [5.74, 6) is -0.766. The maximum atomic E-state index is 10.5. The van der Waals surface area contributed by atoms with Crippen LogP contribution in [-0.4, -0.2) is 26.7 Å². The molecule has 0 fully saturated rings. The summed E-state index contributed by atoms with van der Waals surface area (Å²) in [5, 5.41) is 0. The van der Waals surface area contributed by atoms with Crippen LogP contribution in [0, 0.1) is 0 Å². The van der Waals surface area contributed by atoms with Crippen molar-refractivity contribution in [2.75, 3.05) is 6.26 Å². The molecule has 0 unspecified atom stereocenters. The lowest BCUT2D eigenvalue weighted by atomic mass is 10.3. The average molecular weight is 181 g/mol. The van der Waals surface area contributed by atoms with Gasteiger partial charge in [0.15, 0.2) is 6.10 Å². The first kappa shape index (κ1) is 10.4. The van der Waals surface area contributed by atoms with Crippen LogP contribution in [0.5, 0.6) is 0 Å². The number of rotatable bonds is 4. The van der Waals surface area contributed by atoms with E-state index in [9.17, 15) is 13.2 Å². The van der Waals surface area contributed by atoms with Gasteiger partial charge in [0.25, 0.3) is 10.1 Å². The van der Waals surface area contributed by atoms with E-state index in [0.717, 1.165) is 6.26 Å². The number of amides is 1. The smallest absolute Gasteiger partial charge is 0.265 e. The first-order valence-corrected chi connectivity index (χ1v) is 4.86. The highest BCUT2D eigenvalue weighted by molar-refractivity contribution is 7.86. The largest absolute Gasteiger partial charge is 0.367 e. The van der Waals surface area contributed by atoms with Crippen LogP contribution in [0.4, 0.5) is 0 Å². The molecule has 6 heteroatoms. The predicted molar refractivity (Wildman–Crippen MR) is 39.2 cm³/mol. The highest BCUT2D eigenvalue weighted by Crippen LogP contribution is 2.00. The van der Waals surface area contributed by atoms with Crippen LogP contribution in [0.15, 0.2) is 0 Å². The third-order valence-corrected chi connectivity index (χ3v) is 1.56. The van der Waals surface area contributed by atoms with Crippen molar-refractivity contribution < 1.29 is 17.4 Å². The third kappa shape index (κ3) is 4.74. The van der Waals surface area contributed by atoms with Gasteiger partial charge < -0.3 is 5.73 Å². The Kier molecular flexibility index (Phi) is 3.47. The van der Waals surface area contributed by atoms with Crippen molar-refractivity contribution in [2.45, 2.75) is 19.4 Å². The van der Waals surface area contributed by atoms with Crippen LogP contribution in [0.25, 0.3) is 0 Å². The van der Waals surface area contributed by atoms with E-state index in [-0.39, 0.29) is 6.42 Å². The molecule has 0 aromatic carbocycles. The zero-order valence-corrected chi connectivity index (χ0v) is 7.22. The van der Waals surface area contributed by atoms with Gasteiger partial charge in [-0.25, -0.2) is 0 Å². The van der Waals surface area contributed by atoms with Gasteiger partial charge in [0, 0.05) is 0 Å². The molecule has 1 amide bonds. The number of hydrogen-bond acceptors (Lipinski definition) is 4. The first-order chi connectivity index (χ1) is 4.87. The average Bonchev–Trinajstić information content (AvgIpc) is 1.80. The fourth-order valence-electron chi connectivity index (χ4n) is 0.528. The molecular weight excluding hydrogens is 170 g/mol. The van der Waals surface area contributed by atoms with Crippen molar-refractivity contribution in [3.05, 3.63) is 0 Å². The molecule has 0 aliphatic carbocycles. The summed E-state index contributed by atoms with van der Waals surface area (Å²) < 4.78 is 25.3. The molecule has 0 bridgehead atoms. The molecule has 0 heterocycles. The molecule has 0 aromatic heterocycles. The van der Waals surface area contributed by atoms with Crippen molar-refractivity contribution in [3.8, 4) is 0 Å². The Morgan fingerprint density at radius 1 is 1.64 bits per heavy atom. The number of primary amides is 1. The molecule has 0 saturated carbocycles. The summed E-state index contributed by atoms with van der Waals surface area (Å²) in [6.45, 7) is 1.61. The number of hydrogen-bond donors (Lipinski definition) is 1. The van der Waals surface area contributed by atoms with Gasteiger partial charge >= 0.3 is 0 Å². The van der Waals surface area contributed by atoms with Gasteiger partial charge in [-0.3, -0.25) is 8.98 Å². The first-order valence-electron chi connectivity index (χ1n) is 3.04. The molecule has 0 aliphatic rings. The van der Waals surface area contributed by atoms with Crippen molar-refractivity contribution in [3.63, 3.8) is 0 Å². The summed E-state index contributed by atoms with van der Waals surface area (Å²) in [5.41, 5.74) is 4.83. The molecule has 66 valence electrons. The van der Waals surface area contributed by atoms with Gasteiger partial charge in [0.05, 0.1) is 6.26 Å². The molecule has 0 radical (unpaired) electrons. The molecule has 0 spiro atoms. The van der Waals surface area contributed by atoms with E-state index < -0.39 is 22.1 Å². The molecule has 0 saturated heterocycles. The van der Waals surface area contributed by atoms with E-state index in [2.05, 4.69) is 4.18 Å². The predicted octanol–water partition coefficient (Wildman–Crippen LogP) is -0.774. The molecule has 0 aromatic rings. The molecule has 5 nitrogen and oxygen atoms in total. The second kappa shape index (κ2) is 3.68. The topological polar surface area (TPSA) is 86.5 Å². The van der Waals surface area contributed by atoms with Crippen LogP contribution >= 0.6 is 0 Å². The highest BCUT2D eigenvalue weighted by Gasteiger charge is 2.18.